The number of ether oxygens (including phenoxy) is 1. The number of para-hydroxylation sites is 1. The van der Waals surface area contributed by atoms with Crippen LogP contribution in [0.4, 0.5) is 10.2 Å². The van der Waals surface area contributed by atoms with Crippen LogP contribution >= 0.6 is 0 Å². The van der Waals surface area contributed by atoms with Gasteiger partial charge in [-0.15, -0.1) is 0 Å². The monoisotopic (exact) mass is 375 g/mol. The largest absolute Gasteiger partial charge is 0.494 e. The number of aromatic nitrogens is 2. The number of fused-ring (bicyclic) bond motifs is 5. The fraction of sp³-hybridized carbons (Fsp3) is 0.261. The Morgan fingerprint density at radius 2 is 2.07 bits per heavy atom. The van der Waals surface area contributed by atoms with Crippen molar-refractivity contribution in [3.05, 3.63) is 65.1 Å². The summed E-state index contributed by atoms with van der Waals surface area (Å²) in [5.74, 6) is 0.948. The van der Waals surface area contributed by atoms with E-state index in [0.29, 0.717) is 12.5 Å². The number of nitrogens with one attached hydrogen (secondary N) is 1. The van der Waals surface area contributed by atoms with Crippen molar-refractivity contribution in [3.63, 3.8) is 0 Å². The third-order valence-corrected chi connectivity index (χ3v) is 5.89. The molecule has 3 heterocycles. The summed E-state index contributed by atoms with van der Waals surface area (Å²) >= 11 is 0. The topological polar surface area (TPSA) is 41.1 Å². The molecule has 1 aliphatic heterocycles. The molecule has 0 saturated carbocycles. The minimum absolute atomic E-state index is 0.259. The molecule has 4 nitrogen and oxygen atoms in total. The van der Waals surface area contributed by atoms with Gasteiger partial charge in [0.1, 0.15) is 5.82 Å². The van der Waals surface area contributed by atoms with E-state index < -0.39 is 0 Å². The zero-order valence-corrected chi connectivity index (χ0v) is 16.2. The smallest absolute Gasteiger partial charge is 0.165 e. The maximum Gasteiger partial charge on any atom is 0.165 e. The van der Waals surface area contributed by atoms with Crippen LogP contribution in [0.25, 0.3) is 21.8 Å². The number of likely N-dealkylation sites (N-methyl/N-ethyl adjacent to an activating group) is 1. The average molecular weight is 375 g/mol. The van der Waals surface area contributed by atoms with Crippen molar-refractivity contribution in [1.82, 2.24) is 9.97 Å². The van der Waals surface area contributed by atoms with Crippen molar-refractivity contribution in [2.24, 2.45) is 0 Å². The first kappa shape index (κ1) is 17.0. The lowest BCUT2D eigenvalue weighted by atomic mass is 10.0. The van der Waals surface area contributed by atoms with Gasteiger partial charge >= 0.3 is 0 Å². The van der Waals surface area contributed by atoms with Crippen LogP contribution in [0, 0.1) is 5.82 Å². The highest BCUT2D eigenvalue weighted by Crippen LogP contribution is 2.40. The molecular formula is C23H22FN3O. The number of pyridine rings is 1. The molecule has 5 rings (SSSR count). The van der Waals surface area contributed by atoms with E-state index in [0.717, 1.165) is 34.5 Å². The summed E-state index contributed by atoms with van der Waals surface area (Å²) in [6.07, 6.45) is 1.54. The molecule has 0 saturated heterocycles. The van der Waals surface area contributed by atoms with Gasteiger partial charge in [-0.1, -0.05) is 24.3 Å². The SMILES string of the molecule is COc1ccc(Cc2nc3c(c4c2[nH]c2ccccc24)CC(C)N3C)cc1F. The summed E-state index contributed by atoms with van der Waals surface area (Å²) in [7, 11) is 3.58. The molecule has 4 aromatic rings. The Hall–Kier alpha value is -3.08. The second-order valence-corrected chi connectivity index (χ2v) is 7.59. The van der Waals surface area contributed by atoms with Crippen LogP contribution in [0.1, 0.15) is 23.7 Å². The highest BCUT2D eigenvalue weighted by atomic mass is 19.1. The summed E-state index contributed by atoms with van der Waals surface area (Å²) in [6.45, 7) is 2.22. The van der Waals surface area contributed by atoms with Crippen LogP contribution in [0.5, 0.6) is 5.75 Å². The molecule has 1 N–H and O–H groups in total. The number of rotatable bonds is 3. The molecule has 142 valence electrons. The van der Waals surface area contributed by atoms with E-state index >= 15 is 0 Å². The summed E-state index contributed by atoms with van der Waals surface area (Å²) in [5, 5.41) is 2.47. The zero-order valence-electron chi connectivity index (χ0n) is 16.2. The Bertz CT molecular complexity index is 1210. The molecule has 0 bridgehead atoms. The first-order valence-corrected chi connectivity index (χ1v) is 9.54. The van der Waals surface area contributed by atoms with Gasteiger partial charge < -0.3 is 14.6 Å². The van der Waals surface area contributed by atoms with Gasteiger partial charge in [-0.2, -0.15) is 0 Å². The molecule has 2 aromatic heterocycles. The quantitative estimate of drug-likeness (QED) is 0.557. The predicted octanol–water partition coefficient (Wildman–Crippen LogP) is 4.84. The van der Waals surface area contributed by atoms with Crippen LogP contribution in [0.3, 0.4) is 0 Å². The van der Waals surface area contributed by atoms with E-state index in [-0.39, 0.29) is 11.6 Å². The van der Waals surface area contributed by atoms with Crippen LogP contribution in [-0.2, 0) is 12.8 Å². The van der Waals surface area contributed by atoms with Gasteiger partial charge in [-0.25, -0.2) is 9.37 Å². The number of methoxy groups -OCH3 is 1. The Morgan fingerprint density at radius 1 is 1.25 bits per heavy atom. The number of halogens is 1. The molecule has 1 atom stereocenters. The maximum atomic E-state index is 14.2. The number of benzene rings is 2. The molecule has 28 heavy (non-hydrogen) atoms. The van der Waals surface area contributed by atoms with Gasteiger partial charge in [-0.3, -0.25) is 0 Å². The number of nitrogens with zero attached hydrogens (tertiary/aromatic N) is 2. The summed E-state index contributed by atoms with van der Waals surface area (Å²) in [5.41, 5.74) is 5.28. The lowest BCUT2D eigenvalue weighted by Crippen LogP contribution is -2.24. The molecule has 0 aliphatic carbocycles. The van der Waals surface area contributed by atoms with E-state index in [1.54, 1.807) is 6.07 Å². The van der Waals surface area contributed by atoms with E-state index in [9.17, 15) is 4.39 Å². The zero-order chi connectivity index (χ0) is 19.4. The number of aromatic amines is 1. The third kappa shape index (κ3) is 2.46. The predicted molar refractivity (Wildman–Crippen MR) is 111 cm³/mol. The molecule has 0 fully saturated rings. The van der Waals surface area contributed by atoms with E-state index in [1.807, 2.05) is 12.1 Å². The van der Waals surface area contributed by atoms with Crippen LogP contribution < -0.4 is 9.64 Å². The van der Waals surface area contributed by atoms with Gasteiger partial charge in [0, 0.05) is 41.4 Å². The second-order valence-electron chi connectivity index (χ2n) is 7.59. The Balaban J connectivity index is 1.73. The fourth-order valence-electron chi connectivity index (χ4n) is 4.30. The van der Waals surface area contributed by atoms with Gasteiger partial charge in [0.2, 0.25) is 0 Å². The lowest BCUT2D eigenvalue weighted by molar-refractivity contribution is 0.386. The normalized spacial score (nSPS) is 16.1. The first-order valence-electron chi connectivity index (χ1n) is 9.54. The summed E-state index contributed by atoms with van der Waals surface area (Å²) < 4.78 is 19.2. The van der Waals surface area contributed by atoms with Crippen LogP contribution in [0.2, 0.25) is 0 Å². The van der Waals surface area contributed by atoms with E-state index in [1.165, 1.54) is 29.5 Å². The third-order valence-electron chi connectivity index (χ3n) is 5.89. The number of hydrogen-bond donors (Lipinski definition) is 1. The highest BCUT2D eigenvalue weighted by molar-refractivity contribution is 6.11. The Kier molecular flexibility index (Phi) is 3.79. The molecule has 2 aromatic carbocycles. The molecule has 0 radical (unpaired) electrons. The molecule has 1 aliphatic rings. The Morgan fingerprint density at radius 3 is 2.86 bits per heavy atom. The minimum Gasteiger partial charge on any atom is -0.494 e. The summed E-state index contributed by atoms with van der Waals surface area (Å²) in [6, 6.07) is 13.9. The highest BCUT2D eigenvalue weighted by Gasteiger charge is 2.29. The number of H-pyrrole nitrogens is 1. The van der Waals surface area contributed by atoms with Crippen molar-refractivity contribution in [3.8, 4) is 5.75 Å². The minimum atomic E-state index is -0.347. The number of hydrogen-bond acceptors (Lipinski definition) is 3. The number of anilines is 1. The van der Waals surface area contributed by atoms with E-state index in [4.69, 9.17) is 9.72 Å². The van der Waals surface area contributed by atoms with Crippen molar-refractivity contribution < 1.29 is 9.13 Å². The van der Waals surface area contributed by atoms with Gasteiger partial charge in [0.15, 0.2) is 11.6 Å². The second kappa shape index (κ2) is 6.23. The average Bonchev–Trinajstić information content (AvgIpc) is 3.21. The van der Waals surface area contributed by atoms with Crippen molar-refractivity contribution >= 4 is 27.6 Å². The lowest BCUT2D eigenvalue weighted by Gasteiger charge is -2.18. The van der Waals surface area contributed by atoms with Crippen LogP contribution in [-0.4, -0.2) is 30.2 Å². The van der Waals surface area contributed by atoms with Gasteiger partial charge in [-0.05, 0) is 37.1 Å². The van der Waals surface area contributed by atoms with E-state index in [2.05, 4.69) is 42.1 Å². The fourth-order valence-corrected chi connectivity index (χ4v) is 4.30. The summed E-state index contributed by atoms with van der Waals surface area (Å²) in [4.78, 5) is 10.8. The first-order chi connectivity index (χ1) is 13.6. The molecule has 1 unspecified atom stereocenters. The van der Waals surface area contributed by atoms with Gasteiger partial charge in [0.05, 0.1) is 18.3 Å². The molecule has 5 heteroatoms. The van der Waals surface area contributed by atoms with Crippen molar-refractivity contribution in [2.45, 2.75) is 25.8 Å². The van der Waals surface area contributed by atoms with Gasteiger partial charge in [0.25, 0.3) is 0 Å². The van der Waals surface area contributed by atoms with Crippen molar-refractivity contribution in [2.75, 3.05) is 19.1 Å². The molecular weight excluding hydrogens is 353 g/mol. The molecule has 0 spiro atoms. The van der Waals surface area contributed by atoms with Crippen LogP contribution in [0.15, 0.2) is 42.5 Å². The standard InChI is InChI=1S/C23H22FN3O/c1-13-10-16-21-15-6-4-5-7-18(15)25-22(21)19(26-23(16)27(13)2)12-14-8-9-20(28-3)17(24)11-14/h4-9,11,13,25H,10,12H2,1-3H3. The molecule has 0 amide bonds. The Labute approximate surface area is 163 Å². The van der Waals surface area contributed by atoms with Crippen molar-refractivity contribution in [1.29, 1.82) is 0 Å². The maximum absolute atomic E-state index is 14.2.